The standard InChI is InChI=1S/C17H19FN2O2/c1-10(16-11(2)19-22-12(16)3)9-15(21)20-8-7-13-5-4-6-14(18)17(13)20/h4-6,10H,7-9H2,1-3H3/t10-/m1/s1. The van der Waals surface area contributed by atoms with Crippen LogP contribution >= 0.6 is 0 Å². The zero-order valence-electron chi connectivity index (χ0n) is 13.0. The molecule has 1 aliphatic heterocycles. The zero-order valence-corrected chi connectivity index (χ0v) is 13.0. The van der Waals surface area contributed by atoms with E-state index in [9.17, 15) is 9.18 Å². The predicted octanol–water partition coefficient (Wildman–Crippen LogP) is 3.51. The highest BCUT2D eigenvalue weighted by Gasteiger charge is 2.29. The Kier molecular flexibility index (Phi) is 3.72. The highest BCUT2D eigenvalue weighted by atomic mass is 19.1. The van der Waals surface area contributed by atoms with Crippen LogP contribution in [0, 0.1) is 19.7 Å². The van der Waals surface area contributed by atoms with E-state index < -0.39 is 0 Å². The first kappa shape index (κ1) is 14.8. The van der Waals surface area contributed by atoms with Crippen LogP contribution in [0.5, 0.6) is 0 Å². The van der Waals surface area contributed by atoms with Crippen molar-refractivity contribution >= 4 is 11.6 Å². The summed E-state index contributed by atoms with van der Waals surface area (Å²) in [5.41, 5.74) is 3.13. The van der Waals surface area contributed by atoms with Crippen molar-refractivity contribution in [2.24, 2.45) is 0 Å². The first-order valence-corrected chi connectivity index (χ1v) is 7.49. The lowest BCUT2D eigenvalue weighted by molar-refractivity contribution is -0.118. The Hall–Kier alpha value is -2.17. The molecule has 0 aliphatic carbocycles. The summed E-state index contributed by atoms with van der Waals surface area (Å²) in [6.07, 6.45) is 1.02. The molecule has 1 amide bonds. The number of para-hydroxylation sites is 1. The molecule has 2 aromatic rings. The van der Waals surface area contributed by atoms with Crippen LogP contribution in [0.1, 0.15) is 41.8 Å². The molecule has 0 bridgehead atoms. The van der Waals surface area contributed by atoms with Gasteiger partial charge in [0.05, 0.1) is 11.4 Å². The van der Waals surface area contributed by atoms with Gasteiger partial charge in [0.2, 0.25) is 5.91 Å². The number of nitrogens with zero attached hydrogens (tertiary/aromatic N) is 2. The average molecular weight is 302 g/mol. The van der Waals surface area contributed by atoms with Crippen LogP contribution in [0.15, 0.2) is 22.7 Å². The Balaban J connectivity index is 1.80. The Morgan fingerprint density at radius 3 is 2.91 bits per heavy atom. The quantitative estimate of drug-likeness (QED) is 0.871. The van der Waals surface area contributed by atoms with E-state index in [0.29, 0.717) is 25.1 Å². The minimum absolute atomic E-state index is 0.00502. The molecule has 1 atom stereocenters. The minimum atomic E-state index is -0.326. The molecule has 1 aromatic carbocycles. The Bertz CT molecular complexity index is 704. The molecule has 116 valence electrons. The van der Waals surface area contributed by atoms with Gasteiger partial charge in [0.15, 0.2) is 0 Å². The van der Waals surface area contributed by atoms with Gasteiger partial charge in [0.25, 0.3) is 0 Å². The SMILES string of the molecule is Cc1noc(C)c1[C@H](C)CC(=O)N1CCc2cccc(F)c21. The fourth-order valence-electron chi connectivity index (χ4n) is 3.33. The number of hydrogen-bond acceptors (Lipinski definition) is 3. The molecule has 0 saturated carbocycles. The van der Waals surface area contributed by atoms with E-state index in [4.69, 9.17) is 4.52 Å². The summed E-state index contributed by atoms with van der Waals surface area (Å²) in [6.45, 7) is 6.24. The maximum absolute atomic E-state index is 14.0. The molecule has 0 radical (unpaired) electrons. The monoisotopic (exact) mass is 302 g/mol. The van der Waals surface area contributed by atoms with Gasteiger partial charge in [-0.3, -0.25) is 4.79 Å². The number of carbonyl (C=O) groups is 1. The summed E-state index contributed by atoms with van der Waals surface area (Å²) < 4.78 is 19.2. The molecule has 0 fully saturated rings. The van der Waals surface area contributed by atoms with Gasteiger partial charge in [-0.05, 0) is 37.8 Å². The van der Waals surface area contributed by atoms with Gasteiger partial charge in [-0.15, -0.1) is 0 Å². The van der Waals surface area contributed by atoms with Gasteiger partial charge in [0.1, 0.15) is 11.6 Å². The first-order valence-electron chi connectivity index (χ1n) is 7.49. The highest BCUT2D eigenvalue weighted by molar-refractivity contribution is 5.96. The molecule has 5 heteroatoms. The van der Waals surface area contributed by atoms with Crippen molar-refractivity contribution < 1.29 is 13.7 Å². The largest absolute Gasteiger partial charge is 0.361 e. The van der Waals surface area contributed by atoms with Gasteiger partial charge < -0.3 is 9.42 Å². The van der Waals surface area contributed by atoms with Crippen LogP contribution in [-0.4, -0.2) is 17.6 Å². The normalized spacial score (nSPS) is 15.0. The van der Waals surface area contributed by atoms with E-state index in [1.54, 1.807) is 11.0 Å². The Labute approximate surface area is 128 Å². The fourth-order valence-corrected chi connectivity index (χ4v) is 3.33. The lowest BCUT2D eigenvalue weighted by Crippen LogP contribution is -2.30. The van der Waals surface area contributed by atoms with Gasteiger partial charge >= 0.3 is 0 Å². The summed E-state index contributed by atoms with van der Waals surface area (Å²) in [5, 5.41) is 3.93. The molecule has 0 unspecified atom stereocenters. The summed E-state index contributed by atoms with van der Waals surface area (Å²) in [7, 11) is 0. The second-order valence-corrected chi connectivity index (χ2v) is 5.89. The van der Waals surface area contributed by atoms with Crippen molar-refractivity contribution in [1.82, 2.24) is 5.16 Å². The summed E-state index contributed by atoms with van der Waals surface area (Å²) in [6, 6.07) is 4.97. The van der Waals surface area contributed by atoms with Gasteiger partial charge in [-0.25, -0.2) is 4.39 Å². The Morgan fingerprint density at radius 2 is 2.23 bits per heavy atom. The smallest absolute Gasteiger partial charge is 0.227 e. The number of aromatic nitrogens is 1. The van der Waals surface area contributed by atoms with Crippen LogP contribution in [0.25, 0.3) is 0 Å². The minimum Gasteiger partial charge on any atom is -0.361 e. The number of rotatable bonds is 3. The molecule has 1 aromatic heterocycles. The third kappa shape index (κ3) is 2.40. The number of benzene rings is 1. The maximum Gasteiger partial charge on any atom is 0.227 e. The second-order valence-electron chi connectivity index (χ2n) is 5.89. The maximum atomic E-state index is 14.0. The number of anilines is 1. The van der Waals surface area contributed by atoms with Gasteiger partial charge in [0, 0.05) is 18.5 Å². The number of halogens is 1. The van der Waals surface area contributed by atoms with Crippen LogP contribution in [-0.2, 0) is 11.2 Å². The Morgan fingerprint density at radius 1 is 1.45 bits per heavy atom. The molecular weight excluding hydrogens is 283 g/mol. The van der Waals surface area contributed by atoms with E-state index in [2.05, 4.69) is 5.16 Å². The predicted molar refractivity (Wildman–Crippen MR) is 81.5 cm³/mol. The third-order valence-corrected chi connectivity index (χ3v) is 4.31. The van der Waals surface area contributed by atoms with Crippen LogP contribution < -0.4 is 4.90 Å². The molecule has 0 N–H and O–H groups in total. The zero-order chi connectivity index (χ0) is 15.9. The van der Waals surface area contributed by atoms with Crippen LogP contribution in [0.3, 0.4) is 0 Å². The lowest BCUT2D eigenvalue weighted by Gasteiger charge is -2.20. The van der Waals surface area contributed by atoms with E-state index >= 15 is 0 Å². The van der Waals surface area contributed by atoms with E-state index in [-0.39, 0.29) is 17.6 Å². The number of amides is 1. The highest BCUT2D eigenvalue weighted by Crippen LogP contribution is 2.33. The topological polar surface area (TPSA) is 46.3 Å². The van der Waals surface area contributed by atoms with Crippen LogP contribution in [0.4, 0.5) is 10.1 Å². The number of aryl methyl sites for hydroxylation is 2. The second kappa shape index (κ2) is 5.55. The van der Waals surface area contributed by atoms with Gasteiger partial charge in [-0.2, -0.15) is 0 Å². The van der Waals surface area contributed by atoms with Crippen molar-refractivity contribution in [1.29, 1.82) is 0 Å². The van der Waals surface area contributed by atoms with Crippen molar-refractivity contribution in [3.05, 3.63) is 46.6 Å². The van der Waals surface area contributed by atoms with Crippen molar-refractivity contribution in [3.63, 3.8) is 0 Å². The van der Waals surface area contributed by atoms with E-state index in [1.807, 2.05) is 26.8 Å². The number of carbonyl (C=O) groups excluding carboxylic acids is 1. The van der Waals surface area contributed by atoms with Gasteiger partial charge in [-0.1, -0.05) is 24.2 Å². The molecule has 1 aliphatic rings. The third-order valence-electron chi connectivity index (χ3n) is 4.31. The van der Waals surface area contributed by atoms with Crippen molar-refractivity contribution in [2.45, 2.75) is 39.5 Å². The molecule has 0 saturated heterocycles. The lowest BCUT2D eigenvalue weighted by atomic mass is 9.95. The van der Waals surface area contributed by atoms with Crippen LogP contribution in [0.2, 0.25) is 0 Å². The van der Waals surface area contributed by atoms with Crippen molar-refractivity contribution in [3.8, 4) is 0 Å². The molecule has 2 heterocycles. The molecular formula is C17H19FN2O2. The first-order chi connectivity index (χ1) is 10.5. The van der Waals surface area contributed by atoms with E-state index in [1.165, 1.54) is 6.07 Å². The molecule has 22 heavy (non-hydrogen) atoms. The summed E-state index contributed by atoms with van der Waals surface area (Å²) in [5.74, 6) is 0.352. The van der Waals surface area contributed by atoms with E-state index in [0.717, 1.165) is 22.6 Å². The average Bonchev–Trinajstić information content (AvgIpc) is 3.03. The number of hydrogen-bond donors (Lipinski definition) is 0. The summed E-state index contributed by atoms with van der Waals surface area (Å²) >= 11 is 0. The number of fused-ring (bicyclic) bond motifs is 1. The molecule has 0 spiro atoms. The molecule has 3 rings (SSSR count). The fraction of sp³-hybridized carbons (Fsp3) is 0.412. The summed E-state index contributed by atoms with van der Waals surface area (Å²) in [4.78, 5) is 14.2. The molecule has 4 nitrogen and oxygen atoms in total. The van der Waals surface area contributed by atoms with Crippen molar-refractivity contribution in [2.75, 3.05) is 11.4 Å².